The molecule has 0 aliphatic carbocycles. The first-order chi connectivity index (χ1) is 12.6. The molecule has 0 bridgehead atoms. The average Bonchev–Trinajstić information content (AvgIpc) is 2.68. The molecule has 2 aliphatic rings. The molecule has 1 amide bonds. The van der Waals surface area contributed by atoms with E-state index in [1.807, 2.05) is 12.1 Å². The second kappa shape index (κ2) is 8.96. The van der Waals surface area contributed by atoms with Gasteiger partial charge in [0.2, 0.25) is 5.91 Å². The van der Waals surface area contributed by atoms with Crippen molar-refractivity contribution in [1.29, 1.82) is 0 Å². The molecule has 2 saturated heterocycles. The summed E-state index contributed by atoms with van der Waals surface area (Å²) in [6, 6.07) is 6.72. The number of benzene rings is 1. The number of ether oxygens (including phenoxy) is 1. The van der Waals surface area contributed by atoms with Crippen LogP contribution in [0.25, 0.3) is 0 Å². The highest BCUT2D eigenvalue weighted by Gasteiger charge is 2.35. The summed E-state index contributed by atoms with van der Waals surface area (Å²) in [6.07, 6.45) is 4.60. The van der Waals surface area contributed by atoms with E-state index in [1.54, 1.807) is 0 Å². The summed E-state index contributed by atoms with van der Waals surface area (Å²) in [5, 5.41) is 6.55. The highest BCUT2D eigenvalue weighted by molar-refractivity contribution is 5.76. The third-order valence-corrected chi connectivity index (χ3v) is 6.23. The fourth-order valence-corrected chi connectivity index (χ4v) is 4.35. The van der Waals surface area contributed by atoms with Crippen LogP contribution in [0.1, 0.15) is 44.6 Å². The molecule has 1 aromatic rings. The second-order valence-electron chi connectivity index (χ2n) is 7.95. The second-order valence-corrected chi connectivity index (χ2v) is 7.95. The van der Waals surface area contributed by atoms with Crippen LogP contribution in [0, 0.1) is 17.7 Å². The van der Waals surface area contributed by atoms with E-state index < -0.39 is 0 Å². The van der Waals surface area contributed by atoms with Crippen molar-refractivity contribution in [3.05, 3.63) is 35.6 Å². The van der Waals surface area contributed by atoms with Gasteiger partial charge in [0.25, 0.3) is 0 Å². The van der Waals surface area contributed by atoms with E-state index in [9.17, 15) is 9.18 Å². The molecule has 2 N–H and O–H groups in total. The maximum atomic E-state index is 13.3. The summed E-state index contributed by atoms with van der Waals surface area (Å²) in [5.74, 6) is 0.949. The third-order valence-electron chi connectivity index (χ3n) is 6.23. The van der Waals surface area contributed by atoms with Gasteiger partial charge in [0.05, 0.1) is 0 Å². The van der Waals surface area contributed by atoms with Crippen molar-refractivity contribution in [3.63, 3.8) is 0 Å². The Labute approximate surface area is 155 Å². The van der Waals surface area contributed by atoms with Gasteiger partial charge < -0.3 is 15.4 Å². The zero-order valence-electron chi connectivity index (χ0n) is 15.7. The van der Waals surface area contributed by atoms with Gasteiger partial charge >= 0.3 is 0 Å². The number of hydrogen-bond donors (Lipinski definition) is 2. The van der Waals surface area contributed by atoms with Crippen molar-refractivity contribution in [1.82, 2.24) is 10.6 Å². The topological polar surface area (TPSA) is 50.4 Å². The Hall–Kier alpha value is -1.46. The zero-order chi connectivity index (χ0) is 18.4. The fourth-order valence-electron chi connectivity index (χ4n) is 4.35. The molecule has 1 atom stereocenters. The van der Waals surface area contributed by atoms with E-state index in [1.165, 1.54) is 12.1 Å². The van der Waals surface area contributed by atoms with Crippen molar-refractivity contribution in [2.45, 2.75) is 44.4 Å². The molecule has 144 valence electrons. The number of carbonyl (C=O) groups excluding carboxylic acids is 1. The molecule has 5 heteroatoms. The number of hydrogen-bond acceptors (Lipinski definition) is 3. The SMILES string of the molecule is CC(CC(=O)NCC1(c2ccc(F)cc2)CCOCC1)C1CCNCC1. The Balaban J connectivity index is 1.58. The van der Waals surface area contributed by atoms with Crippen LogP contribution >= 0.6 is 0 Å². The number of piperidine rings is 1. The summed E-state index contributed by atoms with van der Waals surface area (Å²) in [5.41, 5.74) is 0.938. The van der Waals surface area contributed by atoms with Gasteiger partial charge in [0.15, 0.2) is 0 Å². The lowest BCUT2D eigenvalue weighted by Crippen LogP contribution is -2.45. The molecule has 4 nitrogen and oxygen atoms in total. The van der Waals surface area contributed by atoms with E-state index in [0.717, 1.165) is 44.3 Å². The molecule has 0 spiro atoms. The normalized spacial score (nSPS) is 21.9. The Bertz CT molecular complexity index is 578. The lowest BCUT2D eigenvalue weighted by molar-refractivity contribution is -0.122. The van der Waals surface area contributed by atoms with Crippen LogP contribution in [0.4, 0.5) is 4.39 Å². The Morgan fingerprint density at radius 2 is 1.92 bits per heavy atom. The van der Waals surface area contributed by atoms with Crippen LogP contribution < -0.4 is 10.6 Å². The van der Waals surface area contributed by atoms with Crippen molar-refractivity contribution < 1.29 is 13.9 Å². The molecule has 2 heterocycles. The maximum Gasteiger partial charge on any atom is 0.220 e. The van der Waals surface area contributed by atoms with E-state index >= 15 is 0 Å². The van der Waals surface area contributed by atoms with Gasteiger partial charge in [-0.3, -0.25) is 4.79 Å². The Morgan fingerprint density at radius 3 is 2.58 bits per heavy atom. The molecule has 26 heavy (non-hydrogen) atoms. The number of rotatable bonds is 6. The first kappa shape index (κ1) is 19.3. The van der Waals surface area contributed by atoms with Crippen LogP contribution in [0.2, 0.25) is 0 Å². The number of halogens is 1. The van der Waals surface area contributed by atoms with Gasteiger partial charge in [0.1, 0.15) is 5.82 Å². The number of carbonyl (C=O) groups is 1. The van der Waals surface area contributed by atoms with E-state index in [-0.39, 0.29) is 17.1 Å². The highest BCUT2D eigenvalue weighted by Crippen LogP contribution is 2.34. The monoisotopic (exact) mass is 362 g/mol. The molecular weight excluding hydrogens is 331 g/mol. The quantitative estimate of drug-likeness (QED) is 0.818. The minimum atomic E-state index is -0.226. The predicted molar refractivity (Wildman–Crippen MR) is 101 cm³/mol. The lowest BCUT2D eigenvalue weighted by Gasteiger charge is -2.38. The first-order valence-corrected chi connectivity index (χ1v) is 9.90. The zero-order valence-corrected chi connectivity index (χ0v) is 15.7. The molecule has 3 rings (SSSR count). The van der Waals surface area contributed by atoms with Crippen LogP contribution in [0.3, 0.4) is 0 Å². The van der Waals surface area contributed by atoms with E-state index in [2.05, 4.69) is 17.6 Å². The minimum absolute atomic E-state index is 0.129. The summed E-state index contributed by atoms with van der Waals surface area (Å²) in [6.45, 7) is 6.27. The highest BCUT2D eigenvalue weighted by atomic mass is 19.1. The number of nitrogens with one attached hydrogen (secondary N) is 2. The molecule has 0 saturated carbocycles. The summed E-state index contributed by atoms with van der Waals surface area (Å²) in [4.78, 5) is 12.5. The van der Waals surface area contributed by atoms with Gasteiger partial charge in [-0.2, -0.15) is 0 Å². The molecule has 1 unspecified atom stereocenters. The molecule has 0 radical (unpaired) electrons. The van der Waals surface area contributed by atoms with Gasteiger partial charge in [-0.25, -0.2) is 4.39 Å². The summed E-state index contributed by atoms with van der Waals surface area (Å²) < 4.78 is 18.8. The Kier molecular flexibility index (Phi) is 6.65. The molecule has 0 aromatic heterocycles. The largest absolute Gasteiger partial charge is 0.381 e. The standard InChI is InChI=1S/C21H31FN2O2/c1-16(17-6-10-23-11-7-17)14-20(25)24-15-21(8-12-26-13-9-21)18-2-4-19(22)5-3-18/h2-5,16-17,23H,6-15H2,1H3,(H,24,25). The maximum absolute atomic E-state index is 13.3. The van der Waals surface area contributed by atoms with E-state index in [0.29, 0.717) is 38.0 Å². The Morgan fingerprint density at radius 1 is 1.27 bits per heavy atom. The first-order valence-electron chi connectivity index (χ1n) is 9.90. The van der Waals surface area contributed by atoms with Crippen LogP contribution in [-0.4, -0.2) is 38.8 Å². The predicted octanol–water partition coefficient (Wildman–Crippen LogP) is 3.02. The fraction of sp³-hybridized carbons (Fsp3) is 0.667. The summed E-state index contributed by atoms with van der Waals surface area (Å²) in [7, 11) is 0. The van der Waals surface area contributed by atoms with Gasteiger partial charge in [-0.15, -0.1) is 0 Å². The van der Waals surface area contributed by atoms with Crippen molar-refractivity contribution >= 4 is 5.91 Å². The van der Waals surface area contributed by atoms with Crippen molar-refractivity contribution in [3.8, 4) is 0 Å². The minimum Gasteiger partial charge on any atom is -0.381 e. The van der Waals surface area contributed by atoms with E-state index in [4.69, 9.17) is 4.74 Å². The molecule has 1 aromatic carbocycles. The molecular formula is C21H31FN2O2. The van der Waals surface area contributed by atoms with Crippen LogP contribution in [0.5, 0.6) is 0 Å². The van der Waals surface area contributed by atoms with Crippen LogP contribution in [-0.2, 0) is 14.9 Å². The van der Waals surface area contributed by atoms with Gasteiger partial charge in [-0.1, -0.05) is 19.1 Å². The molecule has 2 aliphatic heterocycles. The van der Waals surface area contributed by atoms with Crippen LogP contribution in [0.15, 0.2) is 24.3 Å². The van der Waals surface area contributed by atoms with Gasteiger partial charge in [0, 0.05) is 31.6 Å². The third kappa shape index (κ3) is 4.83. The molecule has 2 fully saturated rings. The van der Waals surface area contributed by atoms with Crippen molar-refractivity contribution in [2.24, 2.45) is 11.8 Å². The van der Waals surface area contributed by atoms with Gasteiger partial charge in [-0.05, 0) is 68.3 Å². The van der Waals surface area contributed by atoms with Crippen molar-refractivity contribution in [2.75, 3.05) is 32.8 Å². The average molecular weight is 362 g/mol. The smallest absolute Gasteiger partial charge is 0.220 e. The summed E-state index contributed by atoms with van der Waals surface area (Å²) >= 11 is 0. The number of amides is 1. The lowest BCUT2D eigenvalue weighted by atomic mass is 9.74.